The molecule has 0 radical (unpaired) electrons. The maximum Gasteiger partial charge on any atom is 0.133 e. The molecule has 0 saturated heterocycles. The van der Waals surface area contributed by atoms with Gasteiger partial charge in [0.2, 0.25) is 0 Å². The highest BCUT2D eigenvalue weighted by Crippen LogP contribution is 2.28. The number of benzene rings is 1. The van der Waals surface area contributed by atoms with Gasteiger partial charge >= 0.3 is 0 Å². The zero-order valence-electron chi connectivity index (χ0n) is 9.75. The van der Waals surface area contributed by atoms with Crippen LogP contribution in [-0.2, 0) is 11.2 Å². The van der Waals surface area contributed by atoms with E-state index in [-0.39, 0.29) is 5.78 Å². The summed E-state index contributed by atoms with van der Waals surface area (Å²) in [5.74, 6) is 1.14. The second-order valence-electron chi connectivity index (χ2n) is 4.25. The van der Waals surface area contributed by atoms with Crippen LogP contribution in [0.15, 0.2) is 23.8 Å². The molecule has 0 N–H and O–H groups in total. The molecular weight excluding hydrogens is 200 g/mol. The molecule has 0 amide bonds. The average molecular weight is 216 g/mol. The van der Waals surface area contributed by atoms with E-state index in [0.717, 1.165) is 18.6 Å². The molecule has 2 heteroatoms. The second-order valence-corrected chi connectivity index (χ2v) is 4.25. The van der Waals surface area contributed by atoms with Crippen LogP contribution in [0.25, 0.3) is 6.08 Å². The molecule has 0 saturated carbocycles. The Balaban J connectivity index is 2.27. The lowest BCUT2D eigenvalue weighted by Crippen LogP contribution is -2.02. The van der Waals surface area contributed by atoms with E-state index in [4.69, 9.17) is 4.74 Å². The van der Waals surface area contributed by atoms with Crippen LogP contribution in [0.4, 0.5) is 0 Å². The SMILES string of the molecule is COc1ccc2c(c1)CCC(CC(C)=O)=C2. The van der Waals surface area contributed by atoms with Gasteiger partial charge in [0.15, 0.2) is 0 Å². The highest BCUT2D eigenvalue weighted by Gasteiger charge is 2.12. The molecule has 2 nitrogen and oxygen atoms in total. The number of hydrogen-bond donors (Lipinski definition) is 0. The number of aryl methyl sites for hydroxylation is 1. The first kappa shape index (κ1) is 10.9. The number of fused-ring (bicyclic) bond motifs is 1. The van der Waals surface area contributed by atoms with Crippen molar-refractivity contribution in [2.75, 3.05) is 7.11 Å². The van der Waals surface area contributed by atoms with Crippen molar-refractivity contribution in [3.8, 4) is 5.75 Å². The Kier molecular flexibility index (Phi) is 3.09. The number of rotatable bonds is 3. The fourth-order valence-corrected chi connectivity index (χ4v) is 2.11. The van der Waals surface area contributed by atoms with Crippen LogP contribution >= 0.6 is 0 Å². The van der Waals surface area contributed by atoms with E-state index in [1.54, 1.807) is 14.0 Å². The summed E-state index contributed by atoms with van der Waals surface area (Å²) in [6, 6.07) is 6.11. The van der Waals surface area contributed by atoms with E-state index in [1.807, 2.05) is 6.07 Å². The normalized spacial score (nSPS) is 14.0. The van der Waals surface area contributed by atoms with E-state index in [1.165, 1.54) is 16.7 Å². The monoisotopic (exact) mass is 216 g/mol. The van der Waals surface area contributed by atoms with Gasteiger partial charge in [-0.1, -0.05) is 17.7 Å². The number of hydrogen-bond acceptors (Lipinski definition) is 2. The molecule has 1 aliphatic rings. The van der Waals surface area contributed by atoms with Gasteiger partial charge in [0.25, 0.3) is 0 Å². The number of methoxy groups -OCH3 is 1. The third kappa shape index (κ3) is 2.32. The van der Waals surface area contributed by atoms with Crippen molar-refractivity contribution >= 4 is 11.9 Å². The highest BCUT2D eigenvalue weighted by molar-refractivity contribution is 5.80. The molecule has 1 aromatic carbocycles. The van der Waals surface area contributed by atoms with Crippen molar-refractivity contribution in [1.29, 1.82) is 0 Å². The van der Waals surface area contributed by atoms with Crippen molar-refractivity contribution in [3.05, 3.63) is 34.9 Å². The topological polar surface area (TPSA) is 26.3 Å². The van der Waals surface area contributed by atoms with E-state index in [9.17, 15) is 4.79 Å². The Hall–Kier alpha value is -1.57. The summed E-state index contributed by atoms with van der Waals surface area (Å²) >= 11 is 0. The first-order valence-electron chi connectivity index (χ1n) is 5.55. The minimum Gasteiger partial charge on any atom is -0.497 e. The molecule has 0 atom stereocenters. The molecule has 84 valence electrons. The van der Waals surface area contributed by atoms with Gasteiger partial charge in [-0.3, -0.25) is 4.79 Å². The van der Waals surface area contributed by atoms with Gasteiger partial charge in [0.05, 0.1) is 7.11 Å². The van der Waals surface area contributed by atoms with Crippen LogP contribution in [0.3, 0.4) is 0 Å². The molecule has 0 fully saturated rings. The Morgan fingerprint density at radius 2 is 2.19 bits per heavy atom. The minimum atomic E-state index is 0.239. The third-order valence-electron chi connectivity index (χ3n) is 2.90. The molecule has 0 bridgehead atoms. The van der Waals surface area contributed by atoms with Gasteiger partial charge in [-0.2, -0.15) is 0 Å². The Bertz CT molecular complexity index is 444. The van der Waals surface area contributed by atoms with Gasteiger partial charge in [0, 0.05) is 6.42 Å². The number of allylic oxidation sites excluding steroid dienone is 1. The van der Waals surface area contributed by atoms with Gasteiger partial charge in [-0.25, -0.2) is 0 Å². The van der Waals surface area contributed by atoms with Crippen LogP contribution in [0.2, 0.25) is 0 Å². The first-order chi connectivity index (χ1) is 7.69. The van der Waals surface area contributed by atoms with Crippen LogP contribution in [0, 0.1) is 0 Å². The summed E-state index contributed by atoms with van der Waals surface area (Å²) in [4.78, 5) is 11.1. The smallest absolute Gasteiger partial charge is 0.133 e. The second kappa shape index (κ2) is 4.52. The fourth-order valence-electron chi connectivity index (χ4n) is 2.11. The summed E-state index contributed by atoms with van der Waals surface area (Å²) in [6.45, 7) is 1.64. The lowest BCUT2D eigenvalue weighted by Gasteiger charge is -2.16. The quantitative estimate of drug-likeness (QED) is 0.776. The Morgan fingerprint density at radius 1 is 1.38 bits per heavy atom. The van der Waals surface area contributed by atoms with Gasteiger partial charge in [-0.05, 0) is 43.0 Å². The Morgan fingerprint density at radius 3 is 2.88 bits per heavy atom. The average Bonchev–Trinajstić information content (AvgIpc) is 2.27. The van der Waals surface area contributed by atoms with Gasteiger partial charge in [-0.15, -0.1) is 0 Å². The predicted molar refractivity (Wildman–Crippen MR) is 64.6 cm³/mol. The lowest BCUT2D eigenvalue weighted by atomic mass is 9.90. The van der Waals surface area contributed by atoms with Crippen molar-refractivity contribution in [1.82, 2.24) is 0 Å². The molecule has 2 rings (SSSR count). The summed E-state index contributed by atoms with van der Waals surface area (Å²) in [5, 5.41) is 0. The van der Waals surface area contributed by atoms with Crippen LogP contribution in [0.1, 0.15) is 30.9 Å². The summed E-state index contributed by atoms with van der Waals surface area (Å²) in [5.41, 5.74) is 3.78. The molecule has 16 heavy (non-hydrogen) atoms. The van der Waals surface area contributed by atoms with E-state index < -0.39 is 0 Å². The third-order valence-corrected chi connectivity index (χ3v) is 2.90. The van der Waals surface area contributed by atoms with Crippen molar-refractivity contribution in [2.45, 2.75) is 26.2 Å². The highest BCUT2D eigenvalue weighted by atomic mass is 16.5. The number of ketones is 1. The number of carbonyl (C=O) groups excluding carboxylic acids is 1. The van der Waals surface area contributed by atoms with E-state index in [0.29, 0.717) is 6.42 Å². The van der Waals surface area contributed by atoms with Crippen LogP contribution < -0.4 is 4.74 Å². The maximum atomic E-state index is 11.1. The zero-order valence-corrected chi connectivity index (χ0v) is 9.75. The molecule has 1 aliphatic carbocycles. The molecule has 0 aromatic heterocycles. The number of carbonyl (C=O) groups is 1. The lowest BCUT2D eigenvalue weighted by molar-refractivity contribution is -0.116. The maximum absolute atomic E-state index is 11.1. The minimum absolute atomic E-state index is 0.239. The summed E-state index contributed by atoms with van der Waals surface area (Å²) in [7, 11) is 1.68. The summed E-state index contributed by atoms with van der Waals surface area (Å²) in [6.07, 6.45) is 4.72. The molecular formula is C14H16O2. The van der Waals surface area contributed by atoms with Gasteiger partial charge in [0.1, 0.15) is 11.5 Å². The standard InChI is InChI=1S/C14H16O2/c1-10(15)7-11-3-4-13-9-14(16-2)6-5-12(13)8-11/h5-6,8-9H,3-4,7H2,1-2H3. The largest absolute Gasteiger partial charge is 0.497 e. The molecule has 0 aliphatic heterocycles. The number of ether oxygens (including phenoxy) is 1. The molecule has 0 spiro atoms. The van der Waals surface area contributed by atoms with Crippen molar-refractivity contribution in [3.63, 3.8) is 0 Å². The van der Waals surface area contributed by atoms with Crippen LogP contribution in [0.5, 0.6) is 5.75 Å². The molecule has 0 unspecified atom stereocenters. The first-order valence-corrected chi connectivity index (χ1v) is 5.55. The summed E-state index contributed by atoms with van der Waals surface area (Å²) < 4.78 is 5.20. The van der Waals surface area contributed by atoms with Crippen LogP contribution in [-0.4, -0.2) is 12.9 Å². The molecule has 0 heterocycles. The van der Waals surface area contributed by atoms with E-state index >= 15 is 0 Å². The van der Waals surface area contributed by atoms with Gasteiger partial charge < -0.3 is 4.74 Å². The number of Topliss-reactive ketones (excluding diaryl/α,β-unsaturated/α-hetero) is 1. The molecule has 1 aromatic rings. The Labute approximate surface area is 95.9 Å². The van der Waals surface area contributed by atoms with Crippen molar-refractivity contribution < 1.29 is 9.53 Å². The predicted octanol–water partition coefficient (Wildman–Crippen LogP) is 3.00. The van der Waals surface area contributed by atoms with Crippen molar-refractivity contribution in [2.24, 2.45) is 0 Å². The zero-order chi connectivity index (χ0) is 11.5. The van der Waals surface area contributed by atoms with E-state index in [2.05, 4.69) is 18.2 Å². The fraction of sp³-hybridized carbons (Fsp3) is 0.357.